The van der Waals surface area contributed by atoms with Crippen LogP contribution in [0.4, 0.5) is 13.2 Å². The fourth-order valence-electron chi connectivity index (χ4n) is 4.22. The van der Waals surface area contributed by atoms with Gasteiger partial charge < -0.3 is 4.55 Å². The molecule has 7 heteroatoms. The van der Waals surface area contributed by atoms with Crippen molar-refractivity contribution in [2.24, 2.45) is 17.3 Å². The molecular weight excluding hydrogens is 391 g/mol. The molecule has 3 saturated carbocycles. The van der Waals surface area contributed by atoms with Crippen LogP contribution in [0.2, 0.25) is 0 Å². The van der Waals surface area contributed by atoms with Crippen molar-refractivity contribution in [3.05, 3.63) is 0 Å². The third-order valence-corrected chi connectivity index (χ3v) is 9.47. The Kier molecular flexibility index (Phi) is 6.77. The minimum atomic E-state index is -4.37. The molecule has 0 saturated heterocycles. The fourth-order valence-corrected chi connectivity index (χ4v) is 6.62. The van der Waals surface area contributed by atoms with Crippen molar-refractivity contribution >= 4 is 23.1 Å². The second-order valence-electron chi connectivity index (χ2n) is 9.96. The highest BCUT2D eigenvalue weighted by Crippen LogP contribution is 2.54. The molecule has 0 aliphatic heterocycles. The summed E-state index contributed by atoms with van der Waals surface area (Å²) in [5, 5.41) is 0.500. The summed E-state index contributed by atoms with van der Waals surface area (Å²) in [7, 11) is 0. The molecule has 0 aromatic rings. The number of hydrogen-bond acceptors (Lipinski definition) is 3. The highest BCUT2D eigenvalue weighted by molar-refractivity contribution is 7.99. The van der Waals surface area contributed by atoms with E-state index in [4.69, 9.17) is 0 Å². The van der Waals surface area contributed by atoms with Crippen LogP contribution in [0, 0.1) is 17.3 Å². The van der Waals surface area contributed by atoms with Crippen LogP contribution in [-0.4, -0.2) is 32.5 Å². The highest BCUT2D eigenvalue weighted by Gasteiger charge is 2.58. The largest absolute Gasteiger partial charge is 0.598 e. The number of alkyl halides is 3. The molecule has 3 aliphatic rings. The van der Waals surface area contributed by atoms with Gasteiger partial charge in [0.15, 0.2) is 6.04 Å². The molecule has 0 aromatic carbocycles. The van der Waals surface area contributed by atoms with Crippen LogP contribution in [0.1, 0.15) is 78.6 Å². The van der Waals surface area contributed by atoms with Gasteiger partial charge in [0.05, 0.1) is 0 Å². The molecule has 0 heterocycles. The van der Waals surface area contributed by atoms with E-state index in [2.05, 4.69) is 4.72 Å². The van der Waals surface area contributed by atoms with Crippen LogP contribution in [0.15, 0.2) is 0 Å². The minimum Gasteiger partial charge on any atom is -0.598 e. The molecule has 2 nitrogen and oxygen atoms in total. The first kappa shape index (κ1) is 22.1. The van der Waals surface area contributed by atoms with Crippen LogP contribution in [-0.2, 0) is 11.4 Å². The van der Waals surface area contributed by atoms with Gasteiger partial charge in [-0.1, -0.05) is 12.8 Å². The lowest BCUT2D eigenvalue weighted by Gasteiger charge is -2.46. The summed E-state index contributed by atoms with van der Waals surface area (Å²) in [6.45, 7) is 5.17. The Balaban J connectivity index is 1.71. The Hall–Kier alpha value is 0.410. The molecular formula is C20H34F3NOS2. The lowest BCUT2D eigenvalue weighted by molar-refractivity contribution is -0.185. The van der Waals surface area contributed by atoms with Gasteiger partial charge in [0.1, 0.15) is 4.75 Å². The van der Waals surface area contributed by atoms with E-state index in [-0.39, 0.29) is 0 Å². The number of hydrogen-bond donors (Lipinski definition) is 1. The maximum Gasteiger partial charge on any atom is 0.408 e. The van der Waals surface area contributed by atoms with Crippen LogP contribution < -0.4 is 4.72 Å². The average Bonchev–Trinajstić information content (AvgIpc) is 3.45. The third kappa shape index (κ3) is 6.19. The van der Waals surface area contributed by atoms with E-state index in [0.717, 1.165) is 31.6 Å². The topological polar surface area (TPSA) is 35.1 Å². The first-order valence-electron chi connectivity index (χ1n) is 10.4. The van der Waals surface area contributed by atoms with E-state index in [9.17, 15) is 17.7 Å². The van der Waals surface area contributed by atoms with Crippen LogP contribution in [0.5, 0.6) is 0 Å². The molecule has 0 radical (unpaired) electrons. The van der Waals surface area contributed by atoms with Crippen molar-refractivity contribution in [1.29, 1.82) is 0 Å². The van der Waals surface area contributed by atoms with Crippen molar-refractivity contribution in [2.45, 2.75) is 101 Å². The zero-order valence-electron chi connectivity index (χ0n) is 16.7. The van der Waals surface area contributed by atoms with Gasteiger partial charge in [0.2, 0.25) is 0 Å². The van der Waals surface area contributed by atoms with Crippen LogP contribution in [0.25, 0.3) is 0 Å². The van der Waals surface area contributed by atoms with Gasteiger partial charge in [0, 0.05) is 16.6 Å². The number of rotatable bonds is 8. The SMILES string of the molecule is CC(C)(C)[S+]([O-])NC(C(F)(F)F)[C@]1(CC2CC2)CC[C@H](SCC2CC2)CC1. The van der Waals surface area contributed by atoms with Gasteiger partial charge in [-0.05, 0) is 88.7 Å². The molecule has 0 amide bonds. The summed E-state index contributed by atoms with van der Waals surface area (Å²) in [6, 6.07) is -1.67. The third-order valence-electron chi connectivity index (χ3n) is 6.31. The molecule has 158 valence electrons. The van der Waals surface area contributed by atoms with E-state index in [1.807, 2.05) is 11.8 Å². The molecule has 3 rings (SSSR count). The Morgan fingerprint density at radius 3 is 2.04 bits per heavy atom. The smallest absolute Gasteiger partial charge is 0.408 e. The van der Waals surface area contributed by atoms with Crippen molar-refractivity contribution in [1.82, 2.24) is 4.72 Å². The summed E-state index contributed by atoms with van der Waals surface area (Å²) >= 11 is 0.258. The zero-order valence-corrected chi connectivity index (χ0v) is 18.4. The molecule has 3 aliphatic carbocycles. The molecule has 27 heavy (non-hydrogen) atoms. The first-order valence-corrected chi connectivity index (χ1v) is 12.6. The predicted molar refractivity (Wildman–Crippen MR) is 108 cm³/mol. The first-order chi connectivity index (χ1) is 12.5. The minimum absolute atomic E-state index is 0.426. The Morgan fingerprint density at radius 1 is 1.04 bits per heavy atom. The van der Waals surface area contributed by atoms with E-state index in [1.54, 1.807) is 20.8 Å². The van der Waals surface area contributed by atoms with Gasteiger partial charge in [0.25, 0.3) is 0 Å². The number of thioether (sulfide) groups is 1. The number of nitrogens with one attached hydrogen (secondary N) is 1. The zero-order chi connectivity index (χ0) is 19.9. The summed E-state index contributed by atoms with van der Waals surface area (Å²) < 4.78 is 56.8. The second-order valence-corrected chi connectivity index (χ2v) is 13.3. The van der Waals surface area contributed by atoms with Crippen molar-refractivity contribution in [3.8, 4) is 0 Å². The molecule has 3 fully saturated rings. The molecule has 1 N–H and O–H groups in total. The van der Waals surface area contributed by atoms with Crippen molar-refractivity contribution in [2.75, 3.05) is 5.75 Å². The van der Waals surface area contributed by atoms with E-state index in [1.165, 1.54) is 18.6 Å². The molecule has 0 aromatic heterocycles. The maximum absolute atomic E-state index is 14.1. The molecule has 2 atom stereocenters. The quantitative estimate of drug-likeness (QED) is 0.496. The maximum atomic E-state index is 14.1. The summed E-state index contributed by atoms with van der Waals surface area (Å²) in [5.41, 5.74) is -0.795. The summed E-state index contributed by atoms with van der Waals surface area (Å²) in [6.07, 6.45) is 3.93. The van der Waals surface area contributed by atoms with Crippen molar-refractivity contribution < 1.29 is 17.7 Å². The van der Waals surface area contributed by atoms with E-state index < -0.39 is 33.7 Å². The van der Waals surface area contributed by atoms with Gasteiger partial charge in [-0.3, -0.25) is 0 Å². The van der Waals surface area contributed by atoms with Gasteiger partial charge in [-0.15, -0.1) is 4.72 Å². The number of halogens is 3. The average molecular weight is 426 g/mol. The molecule has 0 bridgehead atoms. The van der Waals surface area contributed by atoms with Crippen molar-refractivity contribution in [3.63, 3.8) is 0 Å². The Morgan fingerprint density at radius 2 is 1.59 bits per heavy atom. The highest BCUT2D eigenvalue weighted by atomic mass is 32.2. The second kappa shape index (κ2) is 8.27. The molecule has 0 spiro atoms. The fraction of sp³-hybridized carbons (Fsp3) is 1.00. The standard InChI is InChI=1S/C20H34F3NOS2/c1-18(2,3)27(25)24-17(20(21,22)23)19(12-14-4-5-14)10-8-16(9-11-19)26-13-15-6-7-15/h14-17,24H,4-13H2,1-3H3/t16-,17?,19+,27?. The monoisotopic (exact) mass is 425 g/mol. The Bertz CT molecular complexity index is 492. The summed E-state index contributed by atoms with van der Waals surface area (Å²) in [5.74, 6) is 2.46. The normalized spacial score (nSPS) is 32.3. The lowest BCUT2D eigenvalue weighted by atomic mass is 9.66. The predicted octanol–water partition coefficient (Wildman–Crippen LogP) is 5.84. The van der Waals surface area contributed by atoms with E-state index >= 15 is 0 Å². The lowest BCUT2D eigenvalue weighted by Crippen LogP contribution is -2.59. The summed E-state index contributed by atoms with van der Waals surface area (Å²) in [4.78, 5) is 0. The van der Waals surface area contributed by atoms with Crippen LogP contribution in [0.3, 0.4) is 0 Å². The van der Waals surface area contributed by atoms with Gasteiger partial charge >= 0.3 is 6.18 Å². The van der Waals surface area contributed by atoms with Gasteiger partial charge in [-0.25, -0.2) is 0 Å². The van der Waals surface area contributed by atoms with Gasteiger partial charge in [-0.2, -0.15) is 24.9 Å². The van der Waals surface area contributed by atoms with E-state index in [0.29, 0.717) is 30.4 Å². The Labute approximate surface area is 169 Å². The molecule has 2 unspecified atom stereocenters. The van der Waals surface area contributed by atoms with Crippen LogP contribution >= 0.6 is 11.8 Å².